The van der Waals surface area contributed by atoms with E-state index < -0.39 is 0 Å². The normalized spacial score (nSPS) is 13.5. The number of aryl methyl sites for hydroxylation is 1. The molecule has 0 saturated heterocycles. The molecule has 0 spiro atoms. The predicted octanol–water partition coefficient (Wildman–Crippen LogP) is 5.77. The Morgan fingerprint density at radius 3 is 2.20 bits per heavy atom. The van der Waals surface area contributed by atoms with Crippen molar-refractivity contribution in [1.82, 2.24) is 0 Å². The van der Waals surface area contributed by atoms with Crippen LogP contribution in [0.4, 0.5) is 0 Å². The van der Waals surface area contributed by atoms with Gasteiger partial charge in [-0.2, -0.15) is 0 Å². The molecule has 0 heterocycles. The highest BCUT2D eigenvalue weighted by Gasteiger charge is 2.17. The van der Waals surface area contributed by atoms with Gasteiger partial charge in [0, 0.05) is 0 Å². The average Bonchev–Trinajstić information content (AvgIpc) is 2.83. The standard InChI is InChI=1S/C24H20O/c1-17-9-11-20(12-10-17)24-22-7-3-2-5-18(22)6-4-8-23(24)19-13-15-21(25)16-14-19/h2-5,7-16,25H,6H2,1H3. The van der Waals surface area contributed by atoms with Gasteiger partial charge in [0.05, 0.1) is 0 Å². The van der Waals surface area contributed by atoms with E-state index in [-0.39, 0.29) is 0 Å². The summed E-state index contributed by atoms with van der Waals surface area (Å²) in [4.78, 5) is 0. The van der Waals surface area contributed by atoms with Crippen LogP contribution in [0.2, 0.25) is 0 Å². The lowest BCUT2D eigenvalue weighted by molar-refractivity contribution is 0.475. The number of rotatable bonds is 2. The summed E-state index contributed by atoms with van der Waals surface area (Å²) < 4.78 is 0. The first-order valence-corrected chi connectivity index (χ1v) is 8.58. The molecule has 0 unspecified atom stereocenters. The first-order valence-electron chi connectivity index (χ1n) is 8.58. The van der Waals surface area contributed by atoms with Gasteiger partial charge in [0.25, 0.3) is 0 Å². The highest BCUT2D eigenvalue weighted by atomic mass is 16.3. The molecule has 1 aliphatic carbocycles. The van der Waals surface area contributed by atoms with Gasteiger partial charge in [-0.05, 0) is 58.9 Å². The lowest BCUT2D eigenvalue weighted by Gasteiger charge is -2.16. The van der Waals surface area contributed by atoms with Gasteiger partial charge in [-0.1, -0.05) is 78.4 Å². The van der Waals surface area contributed by atoms with Gasteiger partial charge in [0.2, 0.25) is 0 Å². The molecule has 1 heteroatoms. The van der Waals surface area contributed by atoms with Crippen molar-refractivity contribution in [2.75, 3.05) is 0 Å². The van der Waals surface area contributed by atoms with E-state index in [2.05, 4.69) is 67.6 Å². The topological polar surface area (TPSA) is 20.2 Å². The molecule has 0 aliphatic heterocycles. The Morgan fingerprint density at radius 1 is 0.760 bits per heavy atom. The highest BCUT2D eigenvalue weighted by Crippen LogP contribution is 2.37. The van der Waals surface area contributed by atoms with E-state index >= 15 is 0 Å². The summed E-state index contributed by atoms with van der Waals surface area (Å²) in [5, 5.41) is 9.65. The smallest absolute Gasteiger partial charge is 0.115 e. The highest BCUT2D eigenvalue weighted by molar-refractivity contribution is 6.03. The molecule has 3 aromatic carbocycles. The molecule has 25 heavy (non-hydrogen) atoms. The molecule has 3 aromatic rings. The van der Waals surface area contributed by atoms with Crippen molar-refractivity contribution in [2.24, 2.45) is 0 Å². The average molecular weight is 324 g/mol. The summed E-state index contributed by atoms with van der Waals surface area (Å²) in [5.41, 5.74) is 8.63. The van der Waals surface area contributed by atoms with Crippen LogP contribution in [-0.4, -0.2) is 5.11 Å². The van der Waals surface area contributed by atoms with Crippen molar-refractivity contribution in [3.63, 3.8) is 0 Å². The van der Waals surface area contributed by atoms with Crippen molar-refractivity contribution in [1.29, 1.82) is 0 Å². The lowest BCUT2D eigenvalue weighted by Crippen LogP contribution is -1.96. The number of allylic oxidation sites excluding steroid dienone is 3. The van der Waals surface area contributed by atoms with Crippen molar-refractivity contribution in [3.8, 4) is 5.75 Å². The van der Waals surface area contributed by atoms with Crippen LogP contribution in [0.15, 0.2) is 84.9 Å². The monoisotopic (exact) mass is 324 g/mol. The summed E-state index contributed by atoms with van der Waals surface area (Å²) in [6.07, 6.45) is 5.36. The fourth-order valence-electron chi connectivity index (χ4n) is 3.39. The second kappa shape index (κ2) is 6.45. The van der Waals surface area contributed by atoms with Crippen molar-refractivity contribution >= 4 is 11.1 Å². The molecular weight excluding hydrogens is 304 g/mol. The van der Waals surface area contributed by atoms with Crippen molar-refractivity contribution in [2.45, 2.75) is 13.3 Å². The molecule has 4 rings (SSSR count). The molecule has 0 fully saturated rings. The number of phenols is 1. The zero-order valence-corrected chi connectivity index (χ0v) is 14.2. The Morgan fingerprint density at radius 2 is 1.44 bits per heavy atom. The van der Waals surface area contributed by atoms with Crippen LogP contribution in [0.3, 0.4) is 0 Å². The number of aromatic hydroxyl groups is 1. The fourth-order valence-corrected chi connectivity index (χ4v) is 3.39. The van der Waals surface area contributed by atoms with E-state index in [1.807, 2.05) is 12.1 Å². The Labute approximate surface area is 148 Å². The van der Waals surface area contributed by atoms with Crippen LogP contribution in [0.5, 0.6) is 5.75 Å². The van der Waals surface area contributed by atoms with Crippen LogP contribution in [0.1, 0.15) is 27.8 Å². The minimum atomic E-state index is 0.291. The molecule has 0 aromatic heterocycles. The molecule has 1 nitrogen and oxygen atoms in total. The second-order valence-corrected chi connectivity index (χ2v) is 6.47. The van der Waals surface area contributed by atoms with E-state index in [1.54, 1.807) is 12.1 Å². The Bertz CT molecular complexity index is 958. The summed E-state index contributed by atoms with van der Waals surface area (Å²) in [5.74, 6) is 0.291. The SMILES string of the molecule is Cc1ccc(C2=C(c3ccc(O)cc3)C=CCc3ccccc32)cc1. The van der Waals surface area contributed by atoms with Crippen LogP contribution < -0.4 is 0 Å². The first-order chi connectivity index (χ1) is 12.2. The largest absolute Gasteiger partial charge is 0.508 e. The molecule has 0 amide bonds. The number of phenolic OH excluding ortho intramolecular Hbond substituents is 1. The van der Waals surface area contributed by atoms with Gasteiger partial charge in [-0.25, -0.2) is 0 Å². The number of hydrogen-bond donors (Lipinski definition) is 1. The summed E-state index contributed by atoms with van der Waals surface area (Å²) in [7, 11) is 0. The molecule has 0 atom stereocenters. The summed E-state index contributed by atoms with van der Waals surface area (Å²) in [6.45, 7) is 2.11. The molecule has 0 radical (unpaired) electrons. The number of benzene rings is 3. The summed E-state index contributed by atoms with van der Waals surface area (Å²) >= 11 is 0. The summed E-state index contributed by atoms with van der Waals surface area (Å²) in [6, 6.07) is 24.8. The maximum Gasteiger partial charge on any atom is 0.115 e. The Balaban J connectivity index is 2.02. The van der Waals surface area contributed by atoms with Crippen LogP contribution in [0, 0.1) is 6.92 Å². The molecular formula is C24H20O. The second-order valence-electron chi connectivity index (χ2n) is 6.47. The van der Waals surface area contributed by atoms with E-state index in [1.165, 1.54) is 33.4 Å². The van der Waals surface area contributed by atoms with Crippen LogP contribution in [0.25, 0.3) is 11.1 Å². The van der Waals surface area contributed by atoms with Crippen LogP contribution in [-0.2, 0) is 6.42 Å². The fraction of sp³-hybridized carbons (Fsp3) is 0.0833. The van der Waals surface area contributed by atoms with Gasteiger partial charge in [-0.3, -0.25) is 0 Å². The minimum absolute atomic E-state index is 0.291. The van der Waals surface area contributed by atoms with Gasteiger partial charge >= 0.3 is 0 Å². The van der Waals surface area contributed by atoms with Crippen molar-refractivity contribution < 1.29 is 5.11 Å². The molecule has 0 bridgehead atoms. The van der Waals surface area contributed by atoms with Crippen LogP contribution >= 0.6 is 0 Å². The molecule has 1 aliphatic rings. The third kappa shape index (κ3) is 3.01. The zero-order valence-electron chi connectivity index (χ0n) is 14.2. The third-order valence-corrected chi connectivity index (χ3v) is 4.70. The maximum absolute atomic E-state index is 9.65. The molecule has 1 N–H and O–H groups in total. The number of hydrogen-bond acceptors (Lipinski definition) is 1. The lowest BCUT2D eigenvalue weighted by atomic mass is 9.88. The molecule has 122 valence electrons. The Hall–Kier alpha value is -3.06. The molecule has 0 saturated carbocycles. The van der Waals surface area contributed by atoms with Crippen molar-refractivity contribution in [3.05, 3.63) is 113 Å². The van der Waals surface area contributed by atoms with E-state index in [0.717, 1.165) is 12.0 Å². The third-order valence-electron chi connectivity index (χ3n) is 4.70. The zero-order chi connectivity index (χ0) is 17.2. The van der Waals surface area contributed by atoms with Gasteiger partial charge in [0.15, 0.2) is 0 Å². The number of fused-ring (bicyclic) bond motifs is 1. The quantitative estimate of drug-likeness (QED) is 0.634. The predicted molar refractivity (Wildman–Crippen MR) is 104 cm³/mol. The maximum atomic E-state index is 9.65. The van der Waals surface area contributed by atoms with Gasteiger partial charge < -0.3 is 5.11 Å². The van der Waals surface area contributed by atoms with E-state index in [9.17, 15) is 5.11 Å². The first kappa shape index (κ1) is 15.5. The van der Waals surface area contributed by atoms with E-state index in [0.29, 0.717) is 5.75 Å². The van der Waals surface area contributed by atoms with Gasteiger partial charge in [-0.15, -0.1) is 0 Å². The van der Waals surface area contributed by atoms with Gasteiger partial charge in [0.1, 0.15) is 5.75 Å². The Kier molecular flexibility index (Phi) is 3.99. The van der Waals surface area contributed by atoms with E-state index in [4.69, 9.17) is 0 Å². The minimum Gasteiger partial charge on any atom is -0.508 e.